The van der Waals surface area contributed by atoms with Crippen molar-refractivity contribution >= 4 is 17.5 Å². The minimum atomic E-state index is -0.154. The van der Waals surface area contributed by atoms with Gasteiger partial charge in [0, 0.05) is 37.3 Å². The van der Waals surface area contributed by atoms with Crippen LogP contribution in [0.25, 0.3) is 11.3 Å². The number of hydrogen-bond donors (Lipinski definition) is 2. The standard InChI is InChI=1S/C20H23N3O3/c1-13(24)21-16-4-2-15(3-5-16)18-6-7-19(26-18)20(25)22-17-10-14-8-9-23(11-14)12-17/h2-7,14,17H,8-12H2,1H3,(H,21,24)(H,22,25). The van der Waals surface area contributed by atoms with Crippen molar-refractivity contribution in [2.24, 2.45) is 5.92 Å². The highest BCUT2D eigenvalue weighted by Crippen LogP contribution is 2.27. The summed E-state index contributed by atoms with van der Waals surface area (Å²) < 4.78 is 5.75. The first-order valence-corrected chi connectivity index (χ1v) is 9.08. The molecule has 2 amide bonds. The normalized spacial score (nSPS) is 24.3. The number of anilines is 1. The van der Waals surface area contributed by atoms with E-state index in [1.54, 1.807) is 12.1 Å². The molecule has 3 heterocycles. The van der Waals surface area contributed by atoms with Gasteiger partial charge in [0.25, 0.3) is 5.91 Å². The number of hydrogen-bond acceptors (Lipinski definition) is 4. The van der Waals surface area contributed by atoms with E-state index < -0.39 is 0 Å². The second-order valence-electron chi connectivity index (χ2n) is 7.24. The number of carbonyl (C=O) groups excluding carboxylic acids is 2. The average molecular weight is 353 g/mol. The van der Waals surface area contributed by atoms with Crippen molar-refractivity contribution in [2.45, 2.75) is 25.8 Å². The number of amides is 2. The monoisotopic (exact) mass is 353 g/mol. The van der Waals surface area contributed by atoms with Gasteiger partial charge < -0.3 is 20.0 Å². The van der Waals surface area contributed by atoms with Crippen LogP contribution in [0.3, 0.4) is 0 Å². The Morgan fingerprint density at radius 2 is 1.92 bits per heavy atom. The van der Waals surface area contributed by atoms with Crippen LogP contribution in [0.15, 0.2) is 40.8 Å². The van der Waals surface area contributed by atoms with E-state index in [9.17, 15) is 9.59 Å². The molecule has 2 saturated heterocycles. The molecule has 2 N–H and O–H groups in total. The Labute approximate surface area is 152 Å². The van der Waals surface area contributed by atoms with Crippen LogP contribution in [-0.4, -0.2) is 42.4 Å². The minimum absolute atomic E-state index is 0.109. The molecule has 1 aromatic heterocycles. The summed E-state index contributed by atoms with van der Waals surface area (Å²) in [7, 11) is 0. The second kappa shape index (κ2) is 6.96. The fraction of sp³-hybridized carbons (Fsp3) is 0.400. The number of rotatable bonds is 4. The fourth-order valence-electron chi connectivity index (χ4n) is 3.96. The lowest BCUT2D eigenvalue weighted by Gasteiger charge is -2.30. The largest absolute Gasteiger partial charge is 0.451 e. The van der Waals surface area contributed by atoms with Gasteiger partial charge in [-0.15, -0.1) is 0 Å². The Kier molecular flexibility index (Phi) is 4.51. The number of nitrogens with zero attached hydrogens (tertiary/aromatic N) is 1. The van der Waals surface area contributed by atoms with Crippen molar-refractivity contribution in [1.29, 1.82) is 0 Å². The summed E-state index contributed by atoms with van der Waals surface area (Å²) >= 11 is 0. The highest BCUT2D eigenvalue weighted by molar-refractivity contribution is 5.92. The molecule has 0 aliphatic carbocycles. The zero-order valence-electron chi connectivity index (χ0n) is 14.8. The molecule has 0 radical (unpaired) electrons. The highest BCUT2D eigenvalue weighted by atomic mass is 16.3. The molecule has 0 saturated carbocycles. The van der Waals surface area contributed by atoms with E-state index in [0.717, 1.165) is 30.8 Å². The maximum Gasteiger partial charge on any atom is 0.287 e. The summed E-state index contributed by atoms with van der Waals surface area (Å²) in [6, 6.07) is 11.1. The van der Waals surface area contributed by atoms with Gasteiger partial charge in [-0.1, -0.05) is 0 Å². The Morgan fingerprint density at radius 3 is 2.65 bits per heavy atom. The maximum absolute atomic E-state index is 12.5. The highest BCUT2D eigenvalue weighted by Gasteiger charge is 2.33. The quantitative estimate of drug-likeness (QED) is 0.886. The van der Waals surface area contributed by atoms with Gasteiger partial charge in [-0.3, -0.25) is 9.59 Å². The first-order valence-electron chi connectivity index (χ1n) is 9.08. The molecule has 1 aromatic carbocycles. The molecule has 6 heteroatoms. The van der Waals surface area contributed by atoms with Crippen LogP contribution in [0.1, 0.15) is 30.3 Å². The third kappa shape index (κ3) is 3.65. The Morgan fingerprint density at radius 1 is 1.12 bits per heavy atom. The van der Waals surface area contributed by atoms with Crippen molar-refractivity contribution in [3.05, 3.63) is 42.2 Å². The summed E-state index contributed by atoms with van der Waals surface area (Å²) in [5, 5.41) is 5.84. The Bertz CT molecular complexity index is 800. The molecule has 0 spiro atoms. The number of piperidine rings is 1. The van der Waals surface area contributed by atoms with E-state index in [4.69, 9.17) is 4.42 Å². The molecule has 4 rings (SSSR count). The third-order valence-corrected chi connectivity index (χ3v) is 5.12. The van der Waals surface area contributed by atoms with Crippen molar-refractivity contribution < 1.29 is 14.0 Å². The number of benzene rings is 1. The minimum Gasteiger partial charge on any atom is -0.451 e. The summed E-state index contributed by atoms with van der Waals surface area (Å²) in [6.45, 7) is 4.72. The third-order valence-electron chi connectivity index (χ3n) is 5.12. The van der Waals surface area contributed by atoms with Crippen molar-refractivity contribution in [3.8, 4) is 11.3 Å². The number of furan rings is 1. The molecular formula is C20H23N3O3. The van der Waals surface area contributed by atoms with Gasteiger partial charge in [0.2, 0.25) is 5.91 Å². The van der Waals surface area contributed by atoms with Gasteiger partial charge in [-0.25, -0.2) is 0 Å². The van der Waals surface area contributed by atoms with Crippen LogP contribution >= 0.6 is 0 Å². The van der Waals surface area contributed by atoms with Gasteiger partial charge in [-0.05, 0) is 61.7 Å². The summed E-state index contributed by atoms with van der Waals surface area (Å²) in [5.74, 6) is 1.42. The molecule has 2 fully saturated rings. The maximum atomic E-state index is 12.5. The molecule has 2 aromatic rings. The van der Waals surface area contributed by atoms with Crippen molar-refractivity contribution in [1.82, 2.24) is 10.2 Å². The average Bonchev–Trinajstić information content (AvgIpc) is 3.22. The van der Waals surface area contributed by atoms with Crippen molar-refractivity contribution in [3.63, 3.8) is 0 Å². The van der Waals surface area contributed by atoms with E-state index in [-0.39, 0.29) is 17.9 Å². The zero-order chi connectivity index (χ0) is 18.1. The summed E-state index contributed by atoms with van der Waals surface area (Å²) in [5.41, 5.74) is 1.59. The fourth-order valence-corrected chi connectivity index (χ4v) is 3.96. The van der Waals surface area contributed by atoms with Gasteiger partial charge in [0.05, 0.1) is 0 Å². The molecule has 136 valence electrons. The van der Waals surface area contributed by atoms with E-state index in [2.05, 4.69) is 15.5 Å². The van der Waals surface area contributed by atoms with Gasteiger partial charge >= 0.3 is 0 Å². The first-order chi connectivity index (χ1) is 12.6. The SMILES string of the molecule is CC(=O)Nc1ccc(-c2ccc(C(=O)NC3CC4CCN(C4)C3)o2)cc1. The summed E-state index contributed by atoms with van der Waals surface area (Å²) in [6.07, 6.45) is 2.30. The van der Waals surface area contributed by atoms with Crippen LogP contribution in [-0.2, 0) is 4.79 Å². The number of carbonyl (C=O) groups is 2. The van der Waals surface area contributed by atoms with E-state index >= 15 is 0 Å². The molecule has 6 nitrogen and oxygen atoms in total. The van der Waals surface area contributed by atoms with E-state index in [1.165, 1.54) is 19.9 Å². The lowest BCUT2D eigenvalue weighted by molar-refractivity contribution is -0.114. The van der Waals surface area contributed by atoms with Crippen LogP contribution in [0.5, 0.6) is 0 Å². The van der Waals surface area contributed by atoms with Gasteiger partial charge in [0.15, 0.2) is 5.76 Å². The first kappa shape index (κ1) is 16.8. The predicted octanol–water partition coefficient (Wildman–Crippen LogP) is 2.73. The Hall–Kier alpha value is -2.60. The van der Waals surface area contributed by atoms with Gasteiger partial charge in [0.1, 0.15) is 5.76 Å². The molecule has 2 aliphatic heterocycles. The van der Waals surface area contributed by atoms with Crippen LogP contribution in [0.4, 0.5) is 5.69 Å². The smallest absolute Gasteiger partial charge is 0.287 e. The lowest BCUT2D eigenvalue weighted by atomic mass is 9.97. The molecule has 3 unspecified atom stereocenters. The second-order valence-corrected chi connectivity index (χ2v) is 7.24. The van der Waals surface area contributed by atoms with E-state index in [1.807, 2.05) is 24.3 Å². The van der Waals surface area contributed by atoms with Crippen LogP contribution < -0.4 is 10.6 Å². The number of nitrogens with one attached hydrogen (secondary N) is 2. The topological polar surface area (TPSA) is 74.6 Å². The van der Waals surface area contributed by atoms with E-state index in [0.29, 0.717) is 17.4 Å². The molecule has 26 heavy (non-hydrogen) atoms. The molecule has 2 aliphatic rings. The van der Waals surface area contributed by atoms with Crippen LogP contribution in [0.2, 0.25) is 0 Å². The zero-order valence-corrected chi connectivity index (χ0v) is 14.8. The predicted molar refractivity (Wildman–Crippen MR) is 98.9 cm³/mol. The molecular weight excluding hydrogens is 330 g/mol. The van der Waals surface area contributed by atoms with Crippen LogP contribution in [0, 0.1) is 5.92 Å². The lowest BCUT2D eigenvalue weighted by Crippen LogP contribution is -2.46. The van der Waals surface area contributed by atoms with Crippen molar-refractivity contribution in [2.75, 3.05) is 25.0 Å². The number of fused-ring (bicyclic) bond motifs is 2. The molecule has 3 atom stereocenters. The summed E-state index contributed by atoms with van der Waals surface area (Å²) in [4.78, 5) is 26.0. The molecule has 2 bridgehead atoms. The Balaban J connectivity index is 1.40. The van der Waals surface area contributed by atoms with Gasteiger partial charge in [-0.2, -0.15) is 0 Å².